The number of rotatable bonds is 1. The summed E-state index contributed by atoms with van der Waals surface area (Å²) in [5.74, 6) is -0.393. The van der Waals surface area contributed by atoms with E-state index in [0.29, 0.717) is 13.1 Å². The molecule has 0 aliphatic carbocycles. The van der Waals surface area contributed by atoms with Gasteiger partial charge < -0.3 is 14.8 Å². The highest BCUT2D eigenvalue weighted by molar-refractivity contribution is 5.95. The van der Waals surface area contributed by atoms with Crippen molar-refractivity contribution in [3.63, 3.8) is 0 Å². The number of hydrogen-bond donors (Lipinski definition) is 1. The molecule has 1 aliphatic heterocycles. The number of aromatic amines is 1. The summed E-state index contributed by atoms with van der Waals surface area (Å²) in [6.45, 7) is 1.23. The molecular formula is C12H15N3O3. The Kier molecular flexibility index (Phi) is 3.45. The zero-order chi connectivity index (χ0) is 13.1. The third-order valence-electron chi connectivity index (χ3n) is 2.96. The van der Waals surface area contributed by atoms with Crippen LogP contribution in [0.4, 0.5) is 0 Å². The van der Waals surface area contributed by atoms with Gasteiger partial charge in [0.05, 0.1) is 0 Å². The van der Waals surface area contributed by atoms with Crippen LogP contribution < -0.4 is 5.56 Å². The minimum atomic E-state index is -0.320. The maximum atomic E-state index is 12.1. The molecule has 1 aromatic rings. The van der Waals surface area contributed by atoms with Crippen LogP contribution in [0.5, 0.6) is 0 Å². The van der Waals surface area contributed by atoms with Crippen molar-refractivity contribution in [2.45, 2.75) is 6.42 Å². The zero-order valence-corrected chi connectivity index (χ0v) is 10.2. The fourth-order valence-electron chi connectivity index (χ4n) is 1.90. The number of amides is 2. The number of carbonyl (C=O) groups excluding carboxylic acids is 2. The zero-order valence-electron chi connectivity index (χ0n) is 10.2. The van der Waals surface area contributed by atoms with Gasteiger partial charge in [-0.3, -0.25) is 14.4 Å². The van der Waals surface area contributed by atoms with Crippen molar-refractivity contribution in [3.8, 4) is 0 Å². The monoisotopic (exact) mass is 249 g/mol. The van der Waals surface area contributed by atoms with Gasteiger partial charge >= 0.3 is 0 Å². The van der Waals surface area contributed by atoms with Crippen molar-refractivity contribution in [1.82, 2.24) is 14.8 Å². The van der Waals surface area contributed by atoms with Gasteiger partial charge in [-0.15, -0.1) is 0 Å². The fourth-order valence-corrected chi connectivity index (χ4v) is 1.90. The van der Waals surface area contributed by atoms with Gasteiger partial charge in [-0.1, -0.05) is 6.07 Å². The summed E-state index contributed by atoms with van der Waals surface area (Å²) in [4.78, 5) is 40.6. The molecule has 1 aromatic heterocycles. The summed E-state index contributed by atoms with van der Waals surface area (Å²) >= 11 is 0. The maximum Gasteiger partial charge on any atom is 0.270 e. The van der Waals surface area contributed by atoms with Crippen molar-refractivity contribution in [2.24, 2.45) is 0 Å². The number of H-pyrrole nitrogens is 1. The lowest BCUT2D eigenvalue weighted by molar-refractivity contribution is -0.129. The molecule has 2 heterocycles. The molecule has 2 amide bonds. The Labute approximate surface area is 104 Å². The Balaban J connectivity index is 2.18. The molecule has 6 heteroatoms. The molecule has 0 aromatic carbocycles. The molecule has 0 bridgehead atoms. The van der Waals surface area contributed by atoms with Gasteiger partial charge in [0.15, 0.2) is 0 Å². The first-order valence-electron chi connectivity index (χ1n) is 5.80. The fraction of sp³-hybridized carbons (Fsp3) is 0.417. The van der Waals surface area contributed by atoms with Gasteiger partial charge in [-0.05, 0) is 12.5 Å². The molecular weight excluding hydrogens is 234 g/mol. The molecule has 0 spiro atoms. The lowest BCUT2D eigenvalue weighted by Gasteiger charge is -2.19. The minimum absolute atomic E-state index is 0.0618. The van der Waals surface area contributed by atoms with Crippen LogP contribution in [0.2, 0.25) is 0 Å². The molecule has 1 fully saturated rings. The number of aromatic nitrogens is 1. The molecule has 0 saturated carbocycles. The topological polar surface area (TPSA) is 73.5 Å². The molecule has 18 heavy (non-hydrogen) atoms. The molecule has 2 rings (SSSR count). The van der Waals surface area contributed by atoms with E-state index >= 15 is 0 Å². The van der Waals surface area contributed by atoms with E-state index in [9.17, 15) is 14.4 Å². The molecule has 0 atom stereocenters. The predicted molar refractivity (Wildman–Crippen MR) is 65.2 cm³/mol. The van der Waals surface area contributed by atoms with Crippen molar-refractivity contribution >= 4 is 11.8 Å². The molecule has 1 N–H and O–H groups in total. The van der Waals surface area contributed by atoms with Gasteiger partial charge in [-0.2, -0.15) is 0 Å². The summed E-state index contributed by atoms with van der Waals surface area (Å²) in [5.41, 5.74) is -0.0982. The summed E-state index contributed by atoms with van der Waals surface area (Å²) in [6, 6.07) is 4.42. The van der Waals surface area contributed by atoms with Crippen LogP contribution in [0, 0.1) is 0 Å². The lowest BCUT2D eigenvalue weighted by atomic mass is 10.3. The maximum absolute atomic E-state index is 12.1. The average molecular weight is 249 g/mol. The molecule has 96 valence electrons. The summed E-state index contributed by atoms with van der Waals surface area (Å²) in [7, 11) is 1.72. The molecule has 0 radical (unpaired) electrons. The van der Waals surface area contributed by atoms with Crippen molar-refractivity contribution in [2.75, 3.05) is 26.7 Å². The normalized spacial score (nSPS) is 16.6. The molecule has 1 aliphatic rings. The van der Waals surface area contributed by atoms with Crippen LogP contribution >= 0.6 is 0 Å². The quantitative estimate of drug-likeness (QED) is 0.741. The second-order valence-electron chi connectivity index (χ2n) is 4.32. The molecule has 0 unspecified atom stereocenters. The third kappa shape index (κ3) is 2.58. The van der Waals surface area contributed by atoms with Gasteiger partial charge in [-0.25, -0.2) is 0 Å². The molecule has 1 saturated heterocycles. The largest absolute Gasteiger partial charge is 0.344 e. The highest BCUT2D eigenvalue weighted by atomic mass is 16.2. The molecule has 6 nitrogen and oxygen atoms in total. The Hall–Kier alpha value is -2.11. The van der Waals surface area contributed by atoms with E-state index in [4.69, 9.17) is 0 Å². The van der Waals surface area contributed by atoms with Gasteiger partial charge in [0.25, 0.3) is 5.91 Å². The second kappa shape index (κ2) is 5.03. The van der Waals surface area contributed by atoms with Gasteiger partial charge in [0.1, 0.15) is 12.2 Å². The number of pyridine rings is 1. The number of nitrogens with one attached hydrogen (secondary N) is 1. The second-order valence-corrected chi connectivity index (χ2v) is 4.32. The SMILES string of the molecule is CN1CCCN(C(=O)c2cccc(=O)[nH]2)CC1=O. The van der Waals surface area contributed by atoms with E-state index in [1.165, 1.54) is 17.0 Å². The van der Waals surface area contributed by atoms with Crippen molar-refractivity contribution in [3.05, 3.63) is 34.2 Å². The third-order valence-corrected chi connectivity index (χ3v) is 2.96. The first-order valence-corrected chi connectivity index (χ1v) is 5.80. The Morgan fingerprint density at radius 2 is 2.06 bits per heavy atom. The van der Waals surface area contributed by atoms with Crippen LogP contribution in [-0.4, -0.2) is 53.3 Å². The summed E-state index contributed by atoms with van der Waals surface area (Å²) in [6.07, 6.45) is 0.741. The van der Waals surface area contributed by atoms with E-state index in [-0.39, 0.29) is 29.6 Å². The van der Waals surface area contributed by atoms with Crippen molar-refractivity contribution < 1.29 is 9.59 Å². The van der Waals surface area contributed by atoms with Gasteiger partial charge in [0, 0.05) is 26.2 Å². The Morgan fingerprint density at radius 1 is 1.28 bits per heavy atom. The van der Waals surface area contributed by atoms with Crippen LogP contribution in [0.1, 0.15) is 16.9 Å². The first-order chi connectivity index (χ1) is 8.58. The minimum Gasteiger partial charge on any atom is -0.344 e. The number of likely N-dealkylation sites (N-methyl/N-ethyl adjacent to an activating group) is 1. The van der Waals surface area contributed by atoms with E-state index in [1.807, 2.05) is 0 Å². The van der Waals surface area contributed by atoms with E-state index in [1.54, 1.807) is 18.0 Å². The standard InChI is InChI=1S/C12H15N3O3/c1-14-6-3-7-15(8-11(14)17)12(18)9-4-2-5-10(16)13-9/h2,4-5H,3,6-8H2,1H3,(H,13,16). The van der Waals surface area contributed by atoms with Crippen LogP contribution in [0.25, 0.3) is 0 Å². The van der Waals surface area contributed by atoms with E-state index < -0.39 is 0 Å². The van der Waals surface area contributed by atoms with Gasteiger partial charge in [0.2, 0.25) is 11.5 Å². The lowest BCUT2D eigenvalue weighted by Crippen LogP contribution is -2.38. The van der Waals surface area contributed by atoms with E-state index in [2.05, 4.69) is 4.98 Å². The number of hydrogen-bond acceptors (Lipinski definition) is 3. The first kappa shape index (κ1) is 12.3. The Morgan fingerprint density at radius 3 is 2.78 bits per heavy atom. The van der Waals surface area contributed by atoms with Crippen molar-refractivity contribution in [1.29, 1.82) is 0 Å². The number of nitrogens with zero attached hydrogens (tertiary/aromatic N) is 2. The predicted octanol–water partition coefficient (Wildman–Crippen LogP) is -0.321. The average Bonchev–Trinajstić information content (AvgIpc) is 2.51. The summed E-state index contributed by atoms with van der Waals surface area (Å²) in [5, 5.41) is 0. The smallest absolute Gasteiger partial charge is 0.270 e. The highest BCUT2D eigenvalue weighted by Crippen LogP contribution is 2.06. The number of carbonyl (C=O) groups is 2. The summed E-state index contributed by atoms with van der Waals surface area (Å²) < 4.78 is 0. The highest BCUT2D eigenvalue weighted by Gasteiger charge is 2.23. The van der Waals surface area contributed by atoms with Crippen LogP contribution in [0.3, 0.4) is 0 Å². The van der Waals surface area contributed by atoms with Crippen LogP contribution in [0.15, 0.2) is 23.0 Å². The Bertz CT molecular complexity index is 523. The van der Waals surface area contributed by atoms with Crippen LogP contribution in [-0.2, 0) is 4.79 Å². The van der Waals surface area contributed by atoms with E-state index in [0.717, 1.165) is 6.42 Å².